The number of rotatable bonds is 7. The summed E-state index contributed by atoms with van der Waals surface area (Å²) in [5, 5.41) is 0. The van der Waals surface area contributed by atoms with E-state index in [1.807, 2.05) is 6.61 Å². The quantitative estimate of drug-likeness (QED) is 0.403. The van der Waals surface area contributed by atoms with E-state index in [4.69, 9.17) is 11.2 Å². The first-order valence-corrected chi connectivity index (χ1v) is 4.19. The van der Waals surface area contributed by atoms with Gasteiger partial charge in [-0.3, -0.25) is 0 Å². The van der Waals surface area contributed by atoms with Crippen molar-refractivity contribution in [2.75, 3.05) is 7.11 Å². The molecule has 0 fully saturated rings. The second-order valence-electron chi connectivity index (χ2n) is 2.56. The highest BCUT2D eigenvalue weighted by atomic mass is 16.5. The van der Waals surface area contributed by atoms with Crippen molar-refractivity contribution >= 4 is 0 Å². The smallest absolute Gasteiger partial charge is 0.0832 e. The van der Waals surface area contributed by atoms with Crippen molar-refractivity contribution in [2.45, 2.75) is 38.5 Å². The summed E-state index contributed by atoms with van der Waals surface area (Å²) in [6, 6.07) is 0. The van der Waals surface area contributed by atoms with E-state index in [9.17, 15) is 0 Å². The lowest BCUT2D eigenvalue weighted by Crippen LogP contribution is -1.81. The topological polar surface area (TPSA) is 9.23 Å². The lowest BCUT2D eigenvalue weighted by atomic mass is 10.1. The van der Waals surface area contributed by atoms with E-state index < -0.39 is 0 Å². The summed E-state index contributed by atoms with van der Waals surface area (Å²) in [6.07, 6.45) is 12.0. The SMILES string of the molecule is C#CCCCCCC[CH]OC. The van der Waals surface area contributed by atoms with E-state index in [2.05, 4.69) is 5.92 Å². The van der Waals surface area contributed by atoms with Gasteiger partial charge in [0.05, 0.1) is 6.61 Å². The standard InChI is InChI=1S/C10H17O/c1-3-4-5-6-7-8-9-10-11-2/h1,10H,4-9H2,2H3. The van der Waals surface area contributed by atoms with Gasteiger partial charge in [0.15, 0.2) is 0 Å². The zero-order valence-electron chi connectivity index (χ0n) is 7.31. The first-order chi connectivity index (χ1) is 5.41. The first-order valence-electron chi connectivity index (χ1n) is 4.19. The maximum Gasteiger partial charge on any atom is 0.0832 e. The van der Waals surface area contributed by atoms with Gasteiger partial charge in [-0.2, -0.15) is 0 Å². The number of hydrogen-bond acceptors (Lipinski definition) is 1. The average Bonchev–Trinajstić information content (AvgIpc) is 2.03. The van der Waals surface area contributed by atoms with E-state index >= 15 is 0 Å². The van der Waals surface area contributed by atoms with Crippen LogP contribution in [0, 0.1) is 19.0 Å². The Morgan fingerprint density at radius 1 is 1.27 bits per heavy atom. The third kappa shape index (κ3) is 9.52. The molecule has 0 atom stereocenters. The summed E-state index contributed by atoms with van der Waals surface area (Å²) in [5.41, 5.74) is 0. The van der Waals surface area contributed by atoms with E-state index in [1.165, 1.54) is 25.7 Å². The summed E-state index contributed by atoms with van der Waals surface area (Å²) in [7, 11) is 1.69. The van der Waals surface area contributed by atoms with Gasteiger partial charge in [0.2, 0.25) is 0 Å². The van der Waals surface area contributed by atoms with E-state index in [0.29, 0.717) is 0 Å². The van der Waals surface area contributed by atoms with Crippen molar-refractivity contribution in [3.63, 3.8) is 0 Å². The molecule has 0 saturated heterocycles. The van der Waals surface area contributed by atoms with E-state index in [-0.39, 0.29) is 0 Å². The summed E-state index contributed by atoms with van der Waals surface area (Å²) >= 11 is 0. The third-order valence-electron chi connectivity index (χ3n) is 1.56. The van der Waals surface area contributed by atoms with Crippen LogP contribution < -0.4 is 0 Å². The van der Waals surface area contributed by atoms with Crippen LogP contribution >= 0.6 is 0 Å². The van der Waals surface area contributed by atoms with Gasteiger partial charge < -0.3 is 4.74 Å². The average molecular weight is 153 g/mol. The lowest BCUT2D eigenvalue weighted by molar-refractivity contribution is 0.262. The molecule has 0 unspecified atom stereocenters. The summed E-state index contributed by atoms with van der Waals surface area (Å²) in [5.74, 6) is 2.64. The Kier molecular flexibility index (Phi) is 9.10. The molecule has 0 amide bonds. The van der Waals surface area contributed by atoms with Crippen molar-refractivity contribution in [1.29, 1.82) is 0 Å². The Labute approximate surface area is 70.1 Å². The summed E-state index contributed by atoms with van der Waals surface area (Å²) in [4.78, 5) is 0. The fourth-order valence-electron chi connectivity index (χ4n) is 0.926. The number of unbranched alkanes of at least 4 members (excludes halogenated alkanes) is 5. The van der Waals surface area contributed by atoms with Gasteiger partial charge in [0.1, 0.15) is 0 Å². The van der Waals surface area contributed by atoms with Crippen LogP contribution in [0.3, 0.4) is 0 Å². The molecule has 0 spiro atoms. The lowest BCUT2D eigenvalue weighted by Gasteiger charge is -1.97. The molecule has 0 aromatic heterocycles. The maximum absolute atomic E-state index is 5.11. The molecule has 0 rings (SSSR count). The molecule has 63 valence electrons. The molecule has 0 aromatic carbocycles. The predicted molar refractivity (Wildman–Crippen MR) is 47.8 cm³/mol. The monoisotopic (exact) mass is 153 g/mol. The van der Waals surface area contributed by atoms with Crippen LogP contribution in [0.15, 0.2) is 0 Å². The Morgan fingerprint density at radius 2 is 2.00 bits per heavy atom. The zero-order chi connectivity index (χ0) is 8.36. The van der Waals surface area contributed by atoms with Gasteiger partial charge in [-0.05, 0) is 12.8 Å². The normalized spacial score (nSPS) is 9.45. The van der Waals surface area contributed by atoms with Crippen LogP contribution in [0.4, 0.5) is 0 Å². The van der Waals surface area contributed by atoms with Crippen molar-refractivity contribution in [3.8, 4) is 12.3 Å². The highest BCUT2D eigenvalue weighted by Gasteiger charge is 1.88. The molecule has 11 heavy (non-hydrogen) atoms. The minimum absolute atomic E-state index is 0.925. The van der Waals surface area contributed by atoms with Gasteiger partial charge in [0, 0.05) is 13.5 Å². The largest absolute Gasteiger partial charge is 0.379 e. The highest BCUT2D eigenvalue weighted by Crippen LogP contribution is 2.05. The molecule has 0 bridgehead atoms. The number of methoxy groups -OCH3 is 1. The van der Waals surface area contributed by atoms with Gasteiger partial charge >= 0.3 is 0 Å². The van der Waals surface area contributed by atoms with E-state index in [1.54, 1.807) is 7.11 Å². The molecule has 0 aliphatic carbocycles. The van der Waals surface area contributed by atoms with Crippen LogP contribution in [0.1, 0.15) is 38.5 Å². The maximum atomic E-state index is 5.11. The van der Waals surface area contributed by atoms with Gasteiger partial charge in [-0.25, -0.2) is 0 Å². The molecular formula is C10H17O. The third-order valence-corrected chi connectivity index (χ3v) is 1.56. The number of ether oxygens (including phenoxy) is 1. The predicted octanol–water partition coefficient (Wildman–Crippen LogP) is 2.77. The van der Waals surface area contributed by atoms with Crippen LogP contribution in [-0.2, 0) is 4.74 Å². The Balaban J connectivity index is 2.75. The molecular weight excluding hydrogens is 136 g/mol. The highest BCUT2D eigenvalue weighted by molar-refractivity contribution is 4.82. The van der Waals surface area contributed by atoms with E-state index in [0.717, 1.165) is 12.8 Å². The number of terminal acetylenes is 1. The summed E-state index contributed by atoms with van der Waals surface area (Å²) in [6.45, 7) is 1.85. The van der Waals surface area contributed by atoms with Crippen molar-refractivity contribution < 1.29 is 4.74 Å². The fourth-order valence-corrected chi connectivity index (χ4v) is 0.926. The van der Waals surface area contributed by atoms with Gasteiger partial charge in [-0.15, -0.1) is 12.3 Å². The first kappa shape index (κ1) is 10.5. The minimum Gasteiger partial charge on any atom is -0.379 e. The Bertz CT molecular complexity index is 102. The molecule has 0 aliphatic heterocycles. The van der Waals surface area contributed by atoms with Crippen molar-refractivity contribution in [2.24, 2.45) is 0 Å². The Hall–Kier alpha value is -0.480. The summed E-state index contributed by atoms with van der Waals surface area (Å²) < 4.78 is 4.81. The molecule has 0 saturated carbocycles. The van der Waals surface area contributed by atoms with Crippen molar-refractivity contribution in [1.82, 2.24) is 0 Å². The second kappa shape index (κ2) is 9.52. The molecule has 1 radical (unpaired) electrons. The molecule has 0 N–H and O–H groups in total. The molecule has 0 aliphatic rings. The molecule has 1 nitrogen and oxygen atoms in total. The molecule has 0 aromatic rings. The number of hydrogen-bond donors (Lipinski definition) is 0. The van der Waals surface area contributed by atoms with Crippen LogP contribution in [0.2, 0.25) is 0 Å². The van der Waals surface area contributed by atoms with Crippen molar-refractivity contribution in [3.05, 3.63) is 6.61 Å². The van der Waals surface area contributed by atoms with Gasteiger partial charge in [0.25, 0.3) is 0 Å². The minimum atomic E-state index is 0.925. The second-order valence-corrected chi connectivity index (χ2v) is 2.56. The molecule has 1 heteroatoms. The van der Waals surface area contributed by atoms with Crippen LogP contribution in [0.25, 0.3) is 0 Å². The van der Waals surface area contributed by atoms with Crippen LogP contribution in [0.5, 0.6) is 0 Å². The van der Waals surface area contributed by atoms with Gasteiger partial charge in [-0.1, -0.05) is 19.3 Å². The zero-order valence-corrected chi connectivity index (χ0v) is 7.31. The fraction of sp³-hybridized carbons (Fsp3) is 0.700. The van der Waals surface area contributed by atoms with Crippen LogP contribution in [-0.4, -0.2) is 7.11 Å². The molecule has 0 heterocycles. The Morgan fingerprint density at radius 3 is 2.64 bits per heavy atom.